The van der Waals surface area contributed by atoms with Crippen LogP contribution in [0.2, 0.25) is 0 Å². The Morgan fingerprint density at radius 2 is 2.06 bits per heavy atom. The van der Waals surface area contributed by atoms with Crippen molar-refractivity contribution in [2.45, 2.75) is 0 Å². The van der Waals surface area contributed by atoms with E-state index in [1.807, 2.05) is 0 Å². The molecule has 0 bridgehead atoms. The predicted octanol–water partition coefficient (Wildman–Crippen LogP) is 1.35. The highest BCUT2D eigenvalue weighted by atomic mass is 79.9. The van der Waals surface area contributed by atoms with Crippen molar-refractivity contribution in [2.75, 3.05) is 32.1 Å². The second-order valence-corrected chi connectivity index (χ2v) is 5.69. The van der Waals surface area contributed by atoms with Crippen LogP contribution in [0.4, 0.5) is 5.69 Å². The summed E-state index contributed by atoms with van der Waals surface area (Å²) in [5, 5.41) is 0. The van der Waals surface area contributed by atoms with E-state index in [-0.39, 0.29) is 6.54 Å². The zero-order chi connectivity index (χ0) is 13.6. The highest BCUT2D eigenvalue weighted by Gasteiger charge is 2.11. The van der Waals surface area contributed by atoms with Gasteiger partial charge >= 0.3 is 0 Å². The Morgan fingerprint density at radius 1 is 1.33 bits per heavy atom. The van der Waals surface area contributed by atoms with Crippen LogP contribution < -0.4 is 14.2 Å². The Hall–Kier alpha value is -0.830. The molecule has 102 valence electrons. The van der Waals surface area contributed by atoms with Gasteiger partial charge in [0.05, 0.1) is 19.4 Å². The molecule has 2 N–H and O–H groups in total. The van der Waals surface area contributed by atoms with Gasteiger partial charge in [-0.25, -0.2) is 0 Å². The fraction of sp³-hybridized carbons (Fsp3) is 0.400. The Bertz CT molecular complexity index is 493. The molecule has 1 aromatic carbocycles. The topological polar surface area (TPSA) is 76.7 Å². The summed E-state index contributed by atoms with van der Waals surface area (Å²) in [4.78, 5) is 0. The Morgan fingerprint density at radius 3 is 2.67 bits per heavy atom. The van der Waals surface area contributed by atoms with Gasteiger partial charge in [-0.05, 0) is 28.1 Å². The lowest BCUT2D eigenvalue weighted by molar-refractivity contribution is 0.204. The maximum Gasteiger partial charge on any atom is 0.299 e. The largest absolute Gasteiger partial charge is 0.497 e. The van der Waals surface area contributed by atoms with Gasteiger partial charge in [0, 0.05) is 24.2 Å². The first-order chi connectivity index (χ1) is 8.48. The van der Waals surface area contributed by atoms with Crippen molar-refractivity contribution >= 4 is 31.8 Å². The minimum absolute atomic E-state index is 0.202. The molecule has 0 unspecified atom stereocenters. The third-order valence-corrected chi connectivity index (χ3v) is 3.78. The molecule has 0 aromatic heterocycles. The van der Waals surface area contributed by atoms with Crippen LogP contribution in [-0.2, 0) is 14.9 Å². The molecule has 0 saturated heterocycles. The first-order valence-corrected chi connectivity index (χ1v) is 7.36. The summed E-state index contributed by atoms with van der Waals surface area (Å²) in [7, 11) is -0.607. The molecule has 0 amide bonds. The second-order valence-electron chi connectivity index (χ2n) is 3.34. The number of nitrogens with one attached hydrogen (secondary N) is 2. The van der Waals surface area contributed by atoms with Gasteiger partial charge in [0.2, 0.25) is 0 Å². The van der Waals surface area contributed by atoms with Crippen molar-refractivity contribution < 1.29 is 17.9 Å². The summed E-state index contributed by atoms with van der Waals surface area (Å²) in [6.45, 7) is 0.508. The van der Waals surface area contributed by atoms with E-state index in [9.17, 15) is 8.42 Å². The monoisotopic (exact) mass is 338 g/mol. The van der Waals surface area contributed by atoms with Crippen molar-refractivity contribution in [3.05, 3.63) is 22.7 Å². The lowest BCUT2D eigenvalue weighted by Crippen LogP contribution is -2.32. The smallest absolute Gasteiger partial charge is 0.299 e. The molecule has 0 saturated carbocycles. The average molecular weight is 339 g/mol. The van der Waals surface area contributed by atoms with Gasteiger partial charge in [0.25, 0.3) is 10.2 Å². The zero-order valence-electron chi connectivity index (χ0n) is 10.1. The van der Waals surface area contributed by atoms with Gasteiger partial charge in [-0.3, -0.25) is 4.72 Å². The van der Waals surface area contributed by atoms with Gasteiger partial charge in [0.15, 0.2) is 0 Å². The zero-order valence-corrected chi connectivity index (χ0v) is 12.5. The minimum atomic E-state index is -3.62. The third-order valence-electron chi connectivity index (χ3n) is 2.02. The fourth-order valence-corrected chi connectivity index (χ4v) is 2.53. The number of anilines is 1. The summed E-state index contributed by atoms with van der Waals surface area (Å²) in [6, 6.07) is 5.01. The van der Waals surface area contributed by atoms with E-state index in [1.165, 1.54) is 14.2 Å². The highest BCUT2D eigenvalue weighted by molar-refractivity contribution is 9.10. The summed E-state index contributed by atoms with van der Waals surface area (Å²) >= 11 is 3.26. The van der Waals surface area contributed by atoms with Crippen molar-refractivity contribution in [3.8, 4) is 5.75 Å². The summed E-state index contributed by atoms with van der Waals surface area (Å²) in [6.07, 6.45) is 0. The number of hydrogen-bond acceptors (Lipinski definition) is 4. The highest BCUT2D eigenvalue weighted by Crippen LogP contribution is 2.27. The standard InChI is InChI=1S/C10H15BrN2O4S/c1-16-6-5-12-18(14,15)13-10-7-8(17-2)3-4-9(10)11/h3-4,7,12-13H,5-6H2,1-2H3. The first-order valence-electron chi connectivity index (χ1n) is 5.08. The molecule has 0 aliphatic carbocycles. The molecule has 1 rings (SSSR count). The van der Waals surface area contributed by atoms with E-state index < -0.39 is 10.2 Å². The molecule has 0 heterocycles. The lowest BCUT2D eigenvalue weighted by Gasteiger charge is -2.11. The van der Waals surface area contributed by atoms with Crippen LogP contribution in [0.15, 0.2) is 22.7 Å². The summed E-state index contributed by atoms with van der Waals surface area (Å²) < 4.78 is 38.5. The first kappa shape index (κ1) is 15.2. The van der Waals surface area contributed by atoms with E-state index in [1.54, 1.807) is 18.2 Å². The number of ether oxygens (including phenoxy) is 2. The van der Waals surface area contributed by atoms with Crippen LogP contribution in [0.5, 0.6) is 5.75 Å². The molecule has 0 radical (unpaired) electrons. The van der Waals surface area contributed by atoms with Crippen molar-refractivity contribution in [2.24, 2.45) is 0 Å². The van der Waals surface area contributed by atoms with E-state index in [0.29, 0.717) is 22.5 Å². The van der Waals surface area contributed by atoms with E-state index >= 15 is 0 Å². The molecule has 8 heteroatoms. The molecule has 0 spiro atoms. The van der Waals surface area contributed by atoms with Gasteiger partial charge in [-0.2, -0.15) is 13.1 Å². The van der Waals surface area contributed by atoms with Crippen LogP contribution in [0, 0.1) is 0 Å². The van der Waals surface area contributed by atoms with Crippen LogP contribution in [0.25, 0.3) is 0 Å². The molecule has 1 aromatic rings. The molecular weight excluding hydrogens is 324 g/mol. The minimum Gasteiger partial charge on any atom is -0.497 e. The van der Waals surface area contributed by atoms with Crippen LogP contribution in [-0.4, -0.2) is 35.8 Å². The average Bonchev–Trinajstić information content (AvgIpc) is 2.32. The van der Waals surface area contributed by atoms with Gasteiger partial charge < -0.3 is 9.47 Å². The van der Waals surface area contributed by atoms with Crippen LogP contribution >= 0.6 is 15.9 Å². The second kappa shape index (κ2) is 6.93. The predicted molar refractivity (Wildman–Crippen MR) is 73.1 cm³/mol. The molecule has 6 nitrogen and oxygen atoms in total. The van der Waals surface area contributed by atoms with E-state index in [2.05, 4.69) is 25.4 Å². The van der Waals surface area contributed by atoms with Crippen molar-refractivity contribution in [1.82, 2.24) is 4.72 Å². The van der Waals surface area contributed by atoms with Crippen molar-refractivity contribution in [3.63, 3.8) is 0 Å². The maximum absolute atomic E-state index is 11.7. The Balaban J connectivity index is 2.76. The number of hydrogen-bond donors (Lipinski definition) is 2. The maximum atomic E-state index is 11.7. The number of halogens is 1. The Labute approximate surface area is 115 Å². The van der Waals surface area contributed by atoms with Crippen LogP contribution in [0.3, 0.4) is 0 Å². The van der Waals surface area contributed by atoms with Gasteiger partial charge in [-0.15, -0.1) is 0 Å². The molecule has 18 heavy (non-hydrogen) atoms. The van der Waals surface area contributed by atoms with E-state index in [0.717, 1.165) is 0 Å². The Kier molecular flexibility index (Phi) is 5.86. The van der Waals surface area contributed by atoms with Gasteiger partial charge in [0.1, 0.15) is 5.75 Å². The van der Waals surface area contributed by atoms with E-state index in [4.69, 9.17) is 9.47 Å². The van der Waals surface area contributed by atoms with Crippen LogP contribution in [0.1, 0.15) is 0 Å². The molecule has 0 fully saturated rings. The molecule has 0 atom stereocenters. The summed E-state index contributed by atoms with van der Waals surface area (Å²) in [5.41, 5.74) is 0.402. The molecular formula is C10H15BrN2O4S. The lowest BCUT2D eigenvalue weighted by atomic mass is 10.3. The van der Waals surface area contributed by atoms with Gasteiger partial charge in [-0.1, -0.05) is 0 Å². The number of methoxy groups -OCH3 is 2. The summed E-state index contributed by atoms with van der Waals surface area (Å²) in [5.74, 6) is 0.563. The molecule has 0 aliphatic heterocycles. The SMILES string of the molecule is COCCNS(=O)(=O)Nc1cc(OC)ccc1Br. The molecule has 0 aliphatic rings. The third kappa shape index (κ3) is 4.81. The quantitative estimate of drug-likeness (QED) is 0.736. The number of rotatable bonds is 7. The van der Waals surface area contributed by atoms with Crippen molar-refractivity contribution in [1.29, 1.82) is 0 Å². The fourth-order valence-electron chi connectivity index (χ4n) is 1.17. The normalized spacial score (nSPS) is 11.3. The number of benzene rings is 1.